The van der Waals surface area contributed by atoms with Gasteiger partial charge in [0.25, 0.3) is 0 Å². The number of ether oxygens (including phenoxy) is 3. The number of esters is 1. The van der Waals surface area contributed by atoms with Gasteiger partial charge >= 0.3 is 5.97 Å². The second-order valence-electron chi connectivity index (χ2n) is 13.5. The van der Waals surface area contributed by atoms with Gasteiger partial charge in [-0.15, -0.1) is 0 Å². The van der Waals surface area contributed by atoms with E-state index in [0.29, 0.717) is 18.3 Å². The average Bonchev–Trinajstić information content (AvgIpc) is 3.34. The molecule has 0 unspecified atom stereocenters. The molecule has 2 heterocycles. The summed E-state index contributed by atoms with van der Waals surface area (Å²) in [6.45, 7) is 6.53. The molecule has 8 nitrogen and oxygen atoms in total. The minimum atomic E-state index is -0.961. The summed E-state index contributed by atoms with van der Waals surface area (Å²) in [6, 6.07) is 0. The third-order valence-corrected chi connectivity index (χ3v) is 11.9. The first-order valence-corrected chi connectivity index (χ1v) is 14.4. The van der Waals surface area contributed by atoms with E-state index in [4.69, 9.17) is 14.2 Å². The van der Waals surface area contributed by atoms with Crippen molar-refractivity contribution in [1.29, 1.82) is 0 Å². The van der Waals surface area contributed by atoms with Gasteiger partial charge < -0.3 is 34.6 Å². The summed E-state index contributed by atoms with van der Waals surface area (Å²) in [7, 11) is 0. The lowest BCUT2D eigenvalue weighted by atomic mass is 9.43. The lowest BCUT2D eigenvalue weighted by Gasteiger charge is -2.63. The predicted molar refractivity (Wildman–Crippen MR) is 133 cm³/mol. The van der Waals surface area contributed by atoms with Crippen LogP contribution in [0.2, 0.25) is 0 Å². The highest BCUT2D eigenvalue weighted by Crippen LogP contribution is 2.70. The van der Waals surface area contributed by atoms with Crippen LogP contribution in [0, 0.1) is 34.5 Å². The molecule has 13 atom stereocenters. The number of carbonyl (C=O) groups excluding carboxylic acids is 1. The molecule has 0 aromatic heterocycles. The predicted octanol–water partition coefficient (Wildman–Crippen LogP) is 2.46. The summed E-state index contributed by atoms with van der Waals surface area (Å²) in [6.07, 6.45) is 5.59. The van der Waals surface area contributed by atoms with Crippen LogP contribution < -0.4 is 0 Å². The van der Waals surface area contributed by atoms with E-state index < -0.39 is 41.7 Å². The van der Waals surface area contributed by atoms with Crippen LogP contribution in [-0.2, 0) is 19.0 Å². The number of aliphatic hydroxyl groups is 4. The van der Waals surface area contributed by atoms with Crippen molar-refractivity contribution in [2.45, 2.75) is 121 Å². The fraction of sp³-hybridized carbons (Fsp3) is 0.897. The molecule has 6 aliphatic rings. The molecule has 4 saturated carbocycles. The molecule has 4 aliphatic carbocycles. The minimum Gasteiger partial charge on any atom is -0.458 e. The Hall–Kier alpha value is -1.03. The number of carbonyl (C=O) groups is 1. The van der Waals surface area contributed by atoms with Crippen molar-refractivity contribution in [1.82, 2.24) is 0 Å². The molecule has 4 N–H and O–H groups in total. The third-order valence-electron chi connectivity index (χ3n) is 11.9. The molecule has 6 rings (SSSR count). The van der Waals surface area contributed by atoms with Crippen molar-refractivity contribution < 1.29 is 39.4 Å². The molecule has 0 spiro atoms. The Kier molecular flexibility index (Phi) is 6.37. The summed E-state index contributed by atoms with van der Waals surface area (Å²) >= 11 is 0. The maximum Gasteiger partial charge on any atom is 0.331 e. The van der Waals surface area contributed by atoms with Crippen LogP contribution in [-0.4, -0.2) is 75.4 Å². The first-order chi connectivity index (χ1) is 17.5. The Morgan fingerprint density at radius 2 is 1.78 bits per heavy atom. The van der Waals surface area contributed by atoms with Crippen LogP contribution in [0.25, 0.3) is 0 Å². The monoisotopic (exact) mass is 520 g/mol. The standard InChI is InChI=1S/C29H44O8/c1-15-26(33)21(30)12-24(36-15)37-18-6-8-27(2)17(11-18)4-5-20-19(27)7-9-28(3)25(16-10-23(32)35-14-16)22(31)13-29(20,28)34/h10,15,17-22,24-26,30-31,33-34H,4-9,11-14H2,1-3H3/t15-,17+,18-,19+,20+,21+,22-,24+,25-,26+,27-,28+,29-/m0/s1. The fourth-order valence-corrected chi connectivity index (χ4v) is 9.90. The Balaban J connectivity index is 1.17. The molecule has 5 fully saturated rings. The van der Waals surface area contributed by atoms with Crippen molar-refractivity contribution in [2.24, 2.45) is 34.5 Å². The Morgan fingerprint density at radius 1 is 1.00 bits per heavy atom. The Labute approximate surface area is 219 Å². The number of hydrogen-bond acceptors (Lipinski definition) is 8. The second kappa shape index (κ2) is 9.00. The number of aliphatic hydroxyl groups excluding tert-OH is 3. The molecule has 0 amide bonds. The van der Waals surface area contributed by atoms with E-state index in [-0.39, 0.29) is 42.4 Å². The zero-order valence-corrected chi connectivity index (χ0v) is 22.3. The number of fused-ring (bicyclic) bond motifs is 5. The van der Waals surface area contributed by atoms with Gasteiger partial charge in [-0.05, 0) is 80.6 Å². The lowest BCUT2D eigenvalue weighted by molar-refractivity contribution is -0.270. The molecular formula is C29H44O8. The second-order valence-corrected chi connectivity index (χ2v) is 13.5. The Morgan fingerprint density at radius 3 is 2.49 bits per heavy atom. The van der Waals surface area contributed by atoms with Crippen molar-refractivity contribution in [2.75, 3.05) is 6.61 Å². The summed E-state index contributed by atoms with van der Waals surface area (Å²) in [4.78, 5) is 11.8. The fourth-order valence-electron chi connectivity index (χ4n) is 9.90. The zero-order chi connectivity index (χ0) is 26.3. The van der Waals surface area contributed by atoms with Gasteiger partial charge in [-0.1, -0.05) is 13.8 Å². The first-order valence-electron chi connectivity index (χ1n) is 14.4. The van der Waals surface area contributed by atoms with Crippen LogP contribution >= 0.6 is 0 Å². The van der Waals surface area contributed by atoms with Crippen molar-refractivity contribution in [3.8, 4) is 0 Å². The number of rotatable bonds is 3. The van der Waals surface area contributed by atoms with Crippen molar-refractivity contribution in [3.05, 3.63) is 11.6 Å². The molecule has 2 aliphatic heterocycles. The smallest absolute Gasteiger partial charge is 0.331 e. The van der Waals surface area contributed by atoms with Gasteiger partial charge in [0.15, 0.2) is 6.29 Å². The molecule has 1 saturated heterocycles. The molecule has 0 radical (unpaired) electrons. The summed E-state index contributed by atoms with van der Waals surface area (Å²) < 4.78 is 17.4. The quantitative estimate of drug-likeness (QED) is 0.330. The van der Waals surface area contributed by atoms with Crippen LogP contribution in [0.3, 0.4) is 0 Å². The molecule has 0 bridgehead atoms. The molecule has 0 aromatic carbocycles. The molecule has 208 valence electrons. The van der Waals surface area contributed by atoms with Crippen LogP contribution in [0.1, 0.15) is 78.6 Å². The Bertz CT molecular complexity index is 940. The van der Waals surface area contributed by atoms with Crippen LogP contribution in [0.5, 0.6) is 0 Å². The first kappa shape index (κ1) is 26.2. The van der Waals surface area contributed by atoms with E-state index in [1.165, 1.54) is 6.08 Å². The van der Waals surface area contributed by atoms with Crippen LogP contribution in [0.15, 0.2) is 11.6 Å². The van der Waals surface area contributed by atoms with E-state index >= 15 is 0 Å². The highest BCUT2D eigenvalue weighted by atomic mass is 16.7. The van der Waals surface area contributed by atoms with E-state index in [1.807, 2.05) is 0 Å². The minimum absolute atomic E-state index is 0.0655. The SMILES string of the molecule is C[C@@H]1O[C@H](O[C@H]2CC[C@@]3(C)[C@H](CC[C@@H]4[C@H]3CC[C@]3(C)[C@@H](C5=CC(=O)OC5)[C@@H](O)C[C@]43O)C2)C[C@@H](O)[C@@H]1O. The van der Waals surface area contributed by atoms with Gasteiger partial charge in [-0.25, -0.2) is 4.79 Å². The van der Waals surface area contributed by atoms with Gasteiger partial charge in [-0.2, -0.15) is 0 Å². The molecule has 8 heteroatoms. The summed E-state index contributed by atoms with van der Waals surface area (Å²) in [5.74, 6) is 0.409. The zero-order valence-electron chi connectivity index (χ0n) is 22.3. The van der Waals surface area contributed by atoms with E-state index in [1.54, 1.807) is 6.92 Å². The lowest BCUT2D eigenvalue weighted by Crippen LogP contribution is -2.62. The summed E-state index contributed by atoms with van der Waals surface area (Å²) in [5, 5.41) is 43.7. The van der Waals surface area contributed by atoms with Gasteiger partial charge in [0, 0.05) is 30.3 Å². The normalized spacial score (nSPS) is 55.6. The van der Waals surface area contributed by atoms with E-state index in [0.717, 1.165) is 50.5 Å². The molecule has 0 aromatic rings. The van der Waals surface area contributed by atoms with E-state index in [9.17, 15) is 25.2 Å². The average molecular weight is 521 g/mol. The van der Waals surface area contributed by atoms with Crippen molar-refractivity contribution >= 4 is 5.97 Å². The number of cyclic esters (lactones) is 1. The number of hydrogen-bond donors (Lipinski definition) is 4. The van der Waals surface area contributed by atoms with Gasteiger partial charge in [-0.3, -0.25) is 0 Å². The largest absolute Gasteiger partial charge is 0.458 e. The van der Waals surface area contributed by atoms with E-state index in [2.05, 4.69) is 13.8 Å². The highest BCUT2D eigenvalue weighted by molar-refractivity contribution is 5.85. The third kappa shape index (κ3) is 3.88. The molecular weight excluding hydrogens is 476 g/mol. The topological polar surface area (TPSA) is 126 Å². The van der Waals surface area contributed by atoms with Crippen molar-refractivity contribution in [3.63, 3.8) is 0 Å². The van der Waals surface area contributed by atoms with Gasteiger partial charge in [0.05, 0.1) is 30.0 Å². The summed E-state index contributed by atoms with van der Waals surface area (Å²) in [5.41, 5.74) is -0.497. The van der Waals surface area contributed by atoms with Gasteiger partial charge in [0.1, 0.15) is 12.7 Å². The van der Waals surface area contributed by atoms with Gasteiger partial charge in [0.2, 0.25) is 0 Å². The molecule has 37 heavy (non-hydrogen) atoms. The maximum atomic E-state index is 12.4. The maximum absolute atomic E-state index is 12.4. The highest BCUT2D eigenvalue weighted by Gasteiger charge is 2.70. The van der Waals surface area contributed by atoms with Crippen LogP contribution in [0.4, 0.5) is 0 Å².